The summed E-state index contributed by atoms with van der Waals surface area (Å²) in [7, 11) is 0. The zero-order chi connectivity index (χ0) is 15.7. The molecular weight excluding hydrogens is 329 g/mol. The number of benzene rings is 1. The van der Waals surface area contributed by atoms with Crippen LogP contribution in [0.2, 0.25) is 5.02 Å². The van der Waals surface area contributed by atoms with E-state index in [2.05, 4.69) is 22.9 Å². The number of alkyl halides is 1. The fourth-order valence-corrected chi connectivity index (χ4v) is 2.86. The summed E-state index contributed by atoms with van der Waals surface area (Å²) in [5.41, 5.74) is 1.64. The molecule has 0 fully saturated rings. The van der Waals surface area contributed by atoms with E-state index in [4.69, 9.17) is 16.3 Å². The number of aromatic nitrogens is 1. The second-order valence-electron chi connectivity index (χ2n) is 4.73. The number of carbonyl (C=O) groups is 1. The maximum absolute atomic E-state index is 12.4. The number of carbonyl (C=O) groups excluding carboxylic acids is 1. The topological polar surface area (TPSA) is 57.4 Å². The highest BCUT2D eigenvalue weighted by Crippen LogP contribution is 2.31. The number of H-pyrrole nitrogens is 1. The quantitative estimate of drug-likeness (QED) is 0.749. The van der Waals surface area contributed by atoms with Crippen LogP contribution in [0.3, 0.4) is 0 Å². The average Bonchev–Trinajstić information content (AvgIpc) is 2.97. The predicted molar refractivity (Wildman–Crippen MR) is 85.3 cm³/mol. The van der Waals surface area contributed by atoms with Crippen LogP contribution in [-0.4, -0.2) is 23.2 Å². The third-order valence-corrected chi connectivity index (χ3v) is 4.10. The standard InChI is InChI=1S/C14H13ClFN3O2S/c15-9-2-1-8(5-11(9)21-7-16)6-19-10-3-4-17-12(10)13(20)18-14(19)22/h1-5,14,17,22H,6-7H2,(H,18,20). The molecule has 2 N–H and O–H groups in total. The summed E-state index contributed by atoms with van der Waals surface area (Å²) < 4.78 is 17.2. The van der Waals surface area contributed by atoms with Crippen molar-refractivity contribution in [1.29, 1.82) is 0 Å². The van der Waals surface area contributed by atoms with Crippen molar-refractivity contribution in [1.82, 2.24) is 10.3 Å². The second-order valence-corrected chi connectivity index (χ2v) is 5.63. The number of anilines is 1. The van der Waals surface area contributed by atoms with Crippen molar-refractivity contribution in [2.24, 2.45) is 0 Å². The number of hydrogen-bond donors (Lipinski definition) is 3. The van der Waals surface area contributed by atoms with Gasteiger partial charge >= 0.3 is 0 Å². The minimum absolute atomic E-state index is 0.200. The first kappa shape index (κ1) is 15.1. The molecule has 1 aliphatic rings. The van der Waals surface area contributed by atoms with E-state index >= 15 is 0 Å². The van der Waals surface area contributed by atoms with Gasteiger partial charge in [-0.1, -0.05) is 17.7 Å². The van der Waals surface area contributed by atoms with Gasteiger partial charge in [0.2, 0.25) is 6.86 Å². The normalized spacial score (nSPS) is 17.1. The summed E-state index contributed by atoms with van der Waals surface area (Å²) in [6.07, 6.45) is 1.70. The molecule has 8 heteroatoms. The Morgan fingerprint density at radius 1 is 1.41 bits per heavy atom. The maximum Gasteiger partial charge on any atom is 0.272 e. The van der Waals surface area contributed by atoms with Crippen molar-refractivity contribution in [3.8, 4) is 5.75 Å². The second kappa shape index (κ2) is 6.10. The molecule has 1 aromatic heterocycles. The molecule has 1 atom stereocenters. The first-order valence-electron chi connectivity index (χ1n) is 6.50. The molecule has 0 aliphatic carbocycles. The third-order valence-electron chi connectivity index (χ3n) is 3.38. The van der Waals surface area contributed by atoms with E-state index < -0.39 is 12.4 Å². The van der Waals surface area contributed by atoms with Gasteiger partial charge < -0.3 is 19.9 Å². The van der Waals surface area contributed by atoms with Gasteiger partial charge in [-0.2, -0.15) is 0 Å². The molecule has 22 heavy (non-hydrogen) atoms. The molecule has 2 aromatic rings. The van der Waals surface area contributed by atoms with Crippen LogP contribution in [-0.2, 0) is 6.54 Å². The third kappa shape index (κ3) is 2.74. The number of fused-ring (bicyclic) bond motifs is 1. The van der Waals surface area contributed by atoms with Crippen molar-refractivity contribution < 1.29 is 13.9 Å². The molecule has 1 aliphatic heterocycles. The van der Waals surface area contributed by atoms with Gasteiger partial charge in [0.25, 0.3) is 5.91 Å². The van der Waals surface area contributed by atoms with Crippen molar-refractivity contribution >= 4 is 35.8 Å². The number of ether oxygens (including phenoxy) is 1. The minimum Gasteiger partial charge on any atom is -0.461 e. The van der Waals surface area contributed by atoms with Crippen LogP contribution in [0.25, 0.3) is 0 Å². The van der Waals surface area contributed by atoms with E-state index in [-0.39, 0.29) is 11.7 Å². The molecule has 0 radical (unpaired) electrons. The van der Waals surface area contributed by atoms with Gasteiger partial charge in [0.15, 0.2) is 0 Å². The molecule has 1 aromatic carbocycles. The number of amides is 1. The number of aromatic amines is 1. The average molecular weight is 342 g/mol. The van der Waals surface area contributed by atoms with E-state index in [1.54, 1.807) is 18.3 Å². The Morgan fingerprint density at radius 3 is 3.00 bits per heavy atom. The van der Waals surface area contributed by atoms with Gasteiger partial charge in [-0.15, -0.1) is 12.6 Å². The van der Waals surface area contributed by atoms with Crippen LogP contribution in [0.5, 0.6) is 5.75 Å². The first-order valence-corrected chi connectivity index (χ1v) is 7.39. The highest BCUT2D eigenvalue weighted by Gasteiger charge is 2.29. The Kier molecular flexibility index (Phi) is 4.17. The number of nitrogens with zero attached hydrogens (tertiary/aromatic N) is 1. The lowest BCUT2D eigenvalue weighted by Crippen LogP contribution is -2.49. The van der Waals surface area contributed by atoms with Crippen molar-refractivity contribution in [3.05, 3.63) is 46.7 Å². The van der Waals surface area contributed by atoms with Gasteiger partial charge in [-0.3, -0.25) is 4.79 Å². The molecule has 3 rings (SSSR count). The molecule has 0 saturated carbocycles. The number of thiol groups is 1. The van der Waals surface area contributed by atoms with E-state index in [0.29, 0.717) is 17.3 Å². The molecule has 5 nitrogen and oxygen atoms in total. The molecule has 116 valence electrons. The summed E-state index contributed by atoms with van der Waals surface area (Å²) in [6.45, 7) is -0.487. The van der Waals surface area contributed by atoms with E-state index in [1.165, 1.54) is 0 Å². The summed E-state index contributed by atoms with van der Waals surface area (Å²) >= 11 is 10.3. The van der Waals surface area contributed by atoms with Gasteiger partial charge in [-0.25, -0.2) is 4.39 Å². The smallest absolute Gasteiger partial charge is 0.272 e. The van der Waals surface area contributed by atoms with Gasteiger partial charge in [0.1, 0.15) is 16.9 Å². The minimum atomic E-state index is -0.944. The Labute approximate surface area is 136 Å². The fraction of sp³-hybridized carbons (Fsp3) is 0.214. The van der Waals surface area contributed by atoms with Gasteiger partial charge in [0, 0.05) is 12.7 Å². The first-order chi connectivity index (χ1) is 10.6. The molecule has 0 spiro atoms. The fourth-order valence-electron chi connectivity index (χ4n) is 2.37. The highest BCUT2D eigenvalue weighted by atomic mass is 35.5. The number of nitrogens with one attached hydrogen (secondary N) is 2. The predicted octanol–water partition coefficient (Wildman–Crippen LogP) is 2.94. The summed E-state index contributed by atoms with van der Waals surface area (Å²) in [4.78, 5) is 16.6. The highest BCUT2D eigenvalue weighted by molar-refractivity contribution is 7.81. The SMILES string of the molecule is O=C1NC(S)N(Cc2ccc(Cl)c(OCF)c2)c2cc[nH]c21. The molecule has 0 bridgehead atoms. The van der Waals surface area contributed by atoms with Crippen LogP contribution >= 0.6 is 24.2 Å². The van der Waals surface area contributed by atoms with E-state index in [0.717, 1.165) is 11.3 Å². The monoisotopic (exact) mass is 341 g/mol. The number of hydrogen-bond acceptors (Lipinski definition) is 4. The van der Waals surface area contributed by atoms with Crippen LogP contribution in [0.4, 0.5) is 10.1 Å². The molecule has 0 saturated heterocycles. The van der Waals surface area contributed by atoms with Crippen LogP contribution in [0.15, 0.2) is 30.5 Å². The summed E-state index contributed by atoms with van der Waals surface area (Å²) in [5, 5.41) is 3.09. The number of rotatable bonds is 4. The zero-order valence-electron chi connectivity index (χ0n) is 11.3. The van der Waals surface area contributed by atoms with E-state index in [1.807, 2.05) is 17.0 Å². The molecular formula is C14H13ClFN3O2S. The number of halogens is 2. The largest absolute Gasteiger partial charge is 0.461 e. The zero-order valence-corrected chi connectivity index (χ0v) is 13.0. The van der Waals surface area contributed by atoms with Gasteiger partial charge in [-0.05, 0) is 23.8 Å². The summed E-state index contributed by atoms with van der Waals surface area (Å²) in [5.74, 6) is 0.0847. The Hall–Kier alpha value is -1.86. The lowest BCUT2D eigenvalue weighted by atomic mass is 10.1. The van der Waals surface area contributed by atoms with Gasteiger partial charge in [0.05, 0.1) is 10.7 Å². The van der Waals surface area contributed by atoms with Crippen molar-refractivity contribution in [2.75, 3.05) is 11.8 Å². The Bertz CT molecular complexity index is 709. The lowest BCUT2D eigenvalue weighted by Gasteiger charge is -2.34. The van der Waals surface area contributed by atoms with Crippen LogP contribution in [0.1, 0.15) is 16.1 Å². The van der Waals surface area contributed by atoms with Crippen molar-refractivity contribution in [2.45, 2.75) is 12.0 Å². The van der Waals surface area contributed by atoms with Crippen molar-refractivity contribution in [3.63, 3.8) is 0 Å². The summed E-state index contributed by atoms with van der Waals surface area (Å²) in [6, 6.07) is 6.95. The molecule has 1 amide bonds. The molecule has 2 heterocycles. The Balaban J connectivity index is 1.89. The molecule has 1 unspecified atom stereocenters. The Morgan fingerprint density at radius 2 is 2.23 bits per heavy atom. The van der Waals surface area contributed by atoms with Crippen LogP contribution < -0.4 is 15.0 Å². The maximum atomic E-state index is 12.4. The van der Waals surface area contributed by atoms with Crippen LogP contribution in [0, 0.1) is 0 Å². The lowest BCUT2D eigenvalue weighted by molar-refractivity contribution is 0.0938. The van der Waals surface area contributed by atoms with E-state index in [9.17, 15) is 9.18 Å².